The summed E-state index contributed by atoms with van der Waals surface area (Å²) in [5, 5.41) is 8.98. The highest BCUT2D eigenvalue weighted by Gasteiger charge is 2.33. The van der Waals surface area contributed by atoms with Crippen molar-refractivity contribution in [1.82, 2.24) is 14.7 Å². The summed E-state index contributed by atoms with van der Waals surface area (Å²) in [6, 6.07) is 6.52. The lowest BCUT2D eigenvalue weighted by atomic mass is 9.97. The van der Waals surface area contributed by atoms with E-state index in [2.05, 4.69) is 66.2 Å². The Morgan fingerprint density at radius 3 is 2.79 bits per heavy atom. The molecule has 1 amide bonds. The molecule has 0 aliphatic carbocycles. The molecule has 29 heavy (non-hydrogen) atoms. The lowest BCUT2D eigenvalue weighted by Crippen LogP contribution is -2.39. The number of hydrogen-bond donors (Lipinski definition) is 0. The summed E-state index contributed by atoms with van der Waals surface area (Å²) in [6.45, 7) is 10.3. The lowest BCUT2D eigenvalue weighted by Gasteiger charge is -2.35. The van der Waals surface area contributed by atoms with Crippen LogP contribution in [0.1, 0.15) is 58.6 Å². The van der Waals surface area contributed by atoms with Crippen LogP contribution in [-0.2, 0) is 24.2 Å². The molecule has 1 aliphatic rings. The van der Waals surface area contributed by atoms with E-state index in [1.165, 1.54) is 26.6 Å². The second kappa shape index (κ2) is 8.44. The second-order valence-corrected chi connectivity index (χ2v) is 10.3. The number of carbonyl (C=O) groups excluding carboxylic acids is 1. The third-order valence-corrected chi connectivity index (χ3v) is 7.68. The van der Waals surface area contributed by atoms with Crippen LogP contribution in [0.2, 0.25) is 0 Å². The van der Waals surface area contributed by atoms with Gasteiger partial charge in [-0.25, -0.2) is 0 Å². The van der Waals surface area contributed by atoms with Gasteiger partial charge in [-0.2, -0.15) is 5.10 Å². The highest BCUT2D eigenvalue weighted by atomic mass is 32.1. The summed E-state index contributed by atoms with van der Waals surface area (Å²) >= 11 is 3.56. The van der Waals surface area contributed by atoms with Gasteiger partial charge in [0.25, 0.3) is 0 Å². The molecule has 1 unspecified atom stereocenters. The molecule has 3 aromatic rings. The minimum Gasteiger partial charge on any atom is -0.330 e. The molecule has 6 heteroatoms. The van der Waals surface area contributed by atoms with Gasteiger partial charge in [-0.1, -0.05) is 19.9 Å². The van der Waals surface area contributed by atoms with Gasteiger partial charge in [0.2, 0.25) is 5.91 Å². The first-order valence-corrected chi connectivity index (χ1v) is 12.1. The maximum absolute atomic E-state index is 13.3. The largest absolute Gasteiger partial charge is 0.330 e. The average Bonchev–Trinajstić information content (AvgIpc) is 3.41. The van der Waals surface area contributed by atoms with Gasteiger partial charge < -0.3 is 4.90 Å². The lowest BCUT2D eigenvalue weighted by molar-refractivity contribution is -0.133. The Bertz CT molecular complexity index is 984. The van der Waals surface area contributed by atoms with Crippen LogP contribution in [0.3, 0.4) is 0 Å². The molecular weight excluding hydrogens is 398 g/mol. The van der Waals surface area contributed by atoms with Crippen LogP contribution in [0.5, 0.6) is 0 Å². The van der Waals surface area contributed by atoms with Crippen molar-refractivity contribution in [1.29, 1.82) is 0 Å². The Balaban J connectivity index is 1.52. The predicted octanol–water partition coefficient (Wildman–Crippen LogP) is 5.39. The molecule has 1 atom stereocenters. The van der Waals surface area contributed by atoms with Crippen molar-refractivity contribution >= 4 is 28.6 Å². The van der Waals surface area contributed by atoms with E-state index in [1.54, 1.807) is 11.3 Å². The van der Waals surface area contributed by atoms with E-state index in [9.17, 15) is 4.79 Å². The Hall–Kier alpha value is -1.92. The van der Waals surface area contributed by atoms with Crippen molar-refractivity contribution < 1.29 is 4.79 Å². The smallest absolute Gasteiger partial charge is 0.223 e. The predicted molar refractivity (Wildman–Crippen MR) is 121 cm³/mol. The Labute approximate surface area is 181 Å². The van der Waals surface area contributed by atoms with Crippen LogP contribution >= 0.6 is 22.7 Å². The number of amides is 1. The van der Waals surface area contributed by atoms with Gasteiger partial charge in [-0.05, 0) is 66.6 Å². The summed E-state index contributed by atoms with van der Waals surface area (Å²) in [5.74, 6) is 0.804. The number of aryl methyl sites for hydroxylation is 1. The molecule has 0 spiro atoms. The van der Waals surface area contributed by atoms with Gasteiger partial charge in [0.1, 0.15) is 0 Å². The van der Waals surface area contributed by atoms with Crippen molar-refractivity contribution in [2.75, 3.05) is 6.54 Å². The summed E-state index contributed by atoms with van der Waals surface area (Å²) < 4.78 is 2.10. The third-order valence-electron chi connectivity index (χ3n) is 5.76. The number of thiophene rings is 2. The Morgan fingerprint density at radius 2 is 2.07 bits per heavy atom. The van der Waals surface area contributed by atoms with E-state index >= 15 is 0 Å². The van der Waals surface area contributed by atoms with E-state index in [4.69, 9.17) is 5.10 Å². The van der Waals surface area contributed by atoms with E-state index in [0.29, 0.717) is 12.3 Å². The second-order valence-electron chi connectivity index (χ2n) is 8.28. The molecule has 4 heterocycles. The van der Waals surface area contributed by atoms with Gasteiger partial charge >= 0.3 is 0 Å². The molecule has 4 rings (SSSR count). The molecule has 0 bridgehead atoms. The van der Waals surface area contributed by atoms with Gasteiger partial charge in [0.15, 0.2) is 0 Å². The van der Waals surface area contributed by atoms with Crippen molar-refractivity contribution in [3.63, 3.8) is 0 Å². The fraction of sp³-hybridized carbons (Fsp3) is 0.478. The van der Waals surface area contributed by atoms with E-state index in [-0.39, 0.29) is 11.9 Å². The molecule has 0 fully saturated rings. The third kappa shape index (κ3) is 4.05. The first-order valence-electron chi connectivity index (χ1n) is 10.4. The molecular formula is C23H29N3OS2. The standard InChI is InChI=1S/C23H29N3OS2/c1-15(2)14-26-17(4)18(16(3)24-26)7-8-22(27)25-11-9-20-19(10-13-29-20)23(25)21-6-5-12-28-21/h5-6,10,12-13,15,23H,7-9,11,14H2,1-4H3. The van der Waals surface area contributed by atoms with Crippen LogP contribution in [0.4, 0.5) is 0 Å². The minimum absolute atomic E-state index is 0.0726. The highest BCUT2D eigenvalue weighted by molar-refractivity contribution is 7.10. The van der Waals surface area contributed by atoms with E-state index < -0.39 is 0 Å². The fourth-order valence-electron chi connectivity index (χ4n) is 4.33. The maximum atomic E-state index is 13.3. The molecule has 154 valence electrons. The minimum atomic E-state index is 0.0726. The zero-order chi connectivity index (χ0) is 20.5. The van der Waals surface area contributed by atoms with Crippen molar-refractivity contribution in [3.05, 3.63) is 61.2 Å². The number of hydrogen-bond acceptors (Lipinski definition) is 4. The summed E-state index contributed by atoms with van der Waals surface area (Å²) in [5.41, 5.74) is 4.82. The highest BCUT2D eigenvalue weighted by Crippen LogP contribution is 2.39. The number of nitrogens with zero attached hydrogens (tertiary/aromatic N) is 3. The van der Waals surface area contributed by atoms with E-state index in [1.807, 2.05) is 11.3 Å². The van der Waals surface area contributed by atoms with Gasteiger partial charge in [-0.15, -0.1) is 22.7 Å². The van der Waals surface area contributed by atoms with Gasteiger partial charge in [-0.3, -0.25) is 9.48 Å². The number of carbonyl (C=O) groups is 1. The Morgan fingerprint density at radius 1 is 1.24 bits per heavy atom. The molecule has 0 radical (unpaired) electrons. The molecule has 4 nitrogen and oxygen atoms in total. The summed E-state index contributed by atoms with van der Waals surface area (Å²) in [7, 11) is 0. The van der Waals surface area contributed by atoms with Crippen molar-refractivity contribution in [2.24, 2.45) is 5.92 Å². The van der Waals surface area contributed by atoms with Gasteiger partial charge in [0.05, 0.1) is 11.7 Å². The molecule has 0 saturated heterocycles. The summed E-state index contributed by atoms with van der Waals surface area (Å²) in [4.78, 5) is 18.1. The normalized spacial score (nSPS) is 16.4. The first-order chi connectivity index (χ1) is 14.0. The topological polar surface area (TPSA) is 38.1 Å². The number of aromatic nitrogens is 2. The van der Waals surface area contributed by atoms with Crippen LogP contribution in [0.15, 0.2) is 29.0 Å². The average molecular weight is 428 g/mol. The monoisotopic (exact) mass is 427 g/mol. The molecule has 0 N–H and O–H groups in total. The van der Waals surface area contributed by atoms with Crippen LogP contribution in [-0.4, -0.2) is 27.1 Å². The van der Waals surface area contributed by atoms with Crippen LogP contribution in [0, 0.1) is 19.8 Å². The van der Waals surface area contributed by atoms with Crippen LogP contribution in [0.25, 0.3) is 0 Å². The van der Waals surface area contributed by atoms with Crippen molar-refractivity contribution in [2.45, 2.75) is 59.5 Å². The van der Waals surface area contributed by atoms with Crippen molar-refractivity contribution in [3.8, 4) is 0 Å². The number of fused-ring (bicyclic) bond motifs is 1. The quantitative estimate of drug-likeness (QED) is 0.529. The molecule has 3 aromatic heterocycles. The van der Waals surface area contributed by atoms with Crippen LogP contribution < -0.4 is 0 Å². The first kappa shape index (κ1) is 20.4. The van der Waals surface area contributed by atoms with E-state index in [0.717, 1.165) is 31.6 Å². The maximum Gasteiger partial charge on any atom is 0.223 e. The molecule has 0 saturated carbocycles. The molecule has 1 aliphatic heterocycles. The molecule has 0 aromatic carbocycles. The zero-order valence-electron chi connectivity index (χ0n) is 17.6. The van der Waals surface area contributed by atoms with Gasteiger partial charge in [0, 0.05) is 35.0 Å². The Kier molecular flexibility index (Phi) is 5.93. The summed E-state index contributed by atoms with van der Waals surface area (Å²) in [6.07, 6.45) is 2.26. The fourth-order valence-corrected chi connectivity index (χ4v) is 6.09. The SMILES string of the molecule is Cc1nn(CC(C)C)c(C)c1CCC(=O)N1CCc2sccc2C1c1cccs1. The zero-order valence-corrected chi connectivity index (χ0v) is 19.3. The number of rotatable bonds is 6.